The molecule has 1 heterocycles. The van der Waals surface area contributed by atoms with Crippen molar-refractivity contribution >= 4 is 33.4 Å². The lowest BCUT2D eigenvalue weighted by Gasteiger charge is -2.05. The molecule has 152 valence electrons. The summed E-state index contributed by atoms with van der Waals surface area (Å²) in [6.07, 6.45) is 18.0. The van der Waals surface area contributed by atoms with Gasteiger partial charge in [-0.1, -0.05) is 107 Å². The number of aromatic nitrogens is 1. The number of unbranched alkanes of at least 4 members (excludes halogenated alkanes) is 11. The van der Waals surface area contributed by atoms with Crippen LogP contribution < -0.4 is 0 Å². The number of benzene rings is 2. The molecule has 0 unspecified atom stereocenters. The lowest BCUT2D eigenvalue weighted by atomic mass is 10.0. The Balaban J connectivity index is 1.36. The van der Waals surface area contributed by atoms with Crippen LogP contribution in [0.15, 0.2) is 36.4 Å². The van der Waals surface area contributed by atoms with Crippen LogP contribution in [0.5, 0.6) is 0 Å². The molecule has 0 atom stereocenters. The molecular formula is C26H36ClN. The second-order valence-corrected chi connectivity index (χ2v) is 8.73. The van der Waals surface area contributed by atoms with Crippen molar-refractivity contribution in [2.75, 3.05) is 0 Å². The summed E-state index contributed by atoms with van der Waals surface area (Å²) in [5.41, 5.74) is 3.92. The van der Waals surface area contributed by atoms with Gasteiger partial charge in [0.25, 0.3) is 0 Å². The fourth-order valence-corrected chi connectivity index (χ4v) is 4.49. The number of halogens is 1. The predicted octanol–water partition coefficient (Wildman–Crippen LogP) is 9.22. The smallest absolute Gasteiger partial charge is 0.0497 e. The van der Waals surface area contributed by atoms with Crippen LogP contribution in [0.3, 0.4) is 0 Å². The number of H-pyrrole nitrogens is 1. The molecule has 3 rings (SSSR count). The van der Waals surface area contributed by atoms with Gasteiger partial charge in [0.15, 0.2) is 0 Å². The molecule has 1 aromatic heterocycles. The van der Waals surface area contributed by atoms with Gasteiger partial charge in [0.05, 0.1) is 0 Å². The second kappa shape index (κ2) is 11.5. The highest BCUT2D eigenvalue weighted by Crippen LogP contribution is 2.30. The monoisotopic (exact) mass is 397 g/mol. The Hall–Kier alpha value is -1.47. The topological polar surface area (TPSA) is 15.8 Å². The Morgan fingerprint density at radius 1 is 0.714 bits per heavy atom. The average molecular weight is 398 g/mol. The summed E-state index contributed by atoms with van der Waals surface area (Å²) in [5.74, 6) is 0. The van der Waals surface area contributed by atoms with Crippen molar-refractivity contribution in [1.82, 2.24) is 4.98 Å². The first kappa shape index (κ1) is 21.2. The van der Waals surface area contributed by atoms with Gasteiger partial charge in [-0.2, -0.15) is 0 Å². The highest BCUT2D eigenvalue weighted by molar-refractivity contribution is 6.31. The number of aryl methyl sites for hydroxylation is 1. The molecule has 0 saturated carbocycles. The van der Waals surface area contributed by atoms with Crippen LogP contribution in [0.4, 0.5) is 0 Å². The van der Waals surface area contributed by atoms with Gasteiger partial charge in [-0.3, -0.25) is 0 Å². The van der Waals surface area contributed by atoms with Crippen LogP contribution in [0.1, 0.15) is 89.5 Å². The molecule has 2 aromatic carbocycles. The van der Waals surface area contributed by atoms with Crippen molar-refractivity contribution in [3.05, 3.63) is 47.0 Å². The zero-order valence-corrected chi connectivity index (χ0v) is 18.3. The molecule has 0 spiro atoms. The van der Waals surface area contributed by atoms with E-state index < -0.39 is 0 Å². The maximum atomic E-state index is 6.19. The van der Waals surface area contributed by atoms with E-state index in [4.69, 9.17) is 11.6 Å². The van der Waals surface area contributed by atoms with Crippen LogP contribution in [-0.4, -0.2) is 4.98 Å². The molecule has 28 heavy (non-hydrogen) atoms. The first-order valence-electron chi connectivity index (χ1n) is 11.5. The van der Waals surface area contributed by atoms with E-state index in [2.05, 4.69) is 42.2 Å². The van der Waals surface area contributed by atoms with E-state index in [-0.39, 0.29) is 0 Å². The number of rotatable bonds is 13. The standard InChI is InChI=1S/C26H36ClN/c1-2-3-4-5-6-7-8-9-10-11-12-13-15-21-16-14-17-23-24-20-22(27)18-19-25(24)28-26(21)23/h14,16-20,28H,2-13,15H2,1H3. The molecule has 2 heteroatoms. The van der Waals surface area contributed by atoms with Crippen LogP contribution in [0, 0.1) is 0 Å². The van der Waals surface area contributed by atoms with Crippen molar-refractivity contribution < 1.29 is 0 Å². The third-order valence-corrected chi connectivity index (χ3v) is 6.22. The normalized spacial score (nSPS) is 11.6. The maximum Gasteiger partial charge on any atom is 0.0497 e. The minimum Gasteiger partial charge on any atom is -0.354 e. The highest BCUT2D eigenvalue weighted by Gasteiger charge is 2.08. The summed E-state index contributed by atoms with van der Waals surface area (Å²) >= 11 is 6.19. The van der Waals surface area contributed by atoms with Crippen LogP contribution in [0.2, 0.25) is 5.02 Å². The average Bonchev–Trinajstić information content (AvgIpc) is 3.07. The number of nitrogens with one attached hydrogen (secondary N) is 1. The number of fused-ring (bicyclic) bond motifs is 3. The molecule has 0 fully saturated rings. The van der Waals surface area contributed by atoms with Gasteiger partial charge < -0.3 is 4.98 Å². The van der Waals surface area contributed by atoms with Crippen LogP contribution in [0.25, 0.3) is 21.8 Å². The van der Waals surface area contributed by atoms with E-state index in [0.29, 0.717) is 0 Å². The third kappa shape index (κ3) is 6.01. The predicted molar refractivity (Wildman–Crippen MR) is 126 cm³/mol. The van der Waals surface area contributed by atoms with Gasteiger partial charge in [0.2, 0.25) is 0 Å². The Morgan fingerprint density at radius 3 is 2.04 bits per heavy atom. The van der Waals surface area contributed by atoms with Crippen LogP contribution in [-0.2, 0) is 6.42 Å². The van der Waals surface area contributed by atoms with E-state index in [1.165, 1.54) is 104 Å². The number of hydrogen-bond acceptors (Lipinski definition) is 0. The van der Waals surface area contributed by atoms with Gasteiger partial charge in [-0.15, -0.1) is 0 Å². The van der Waals surface area contributed by atoms with Gasteiger partial charge in [-0.05, 0) is 36.6 Å². The summed E-state index contributed by atoms with van der Waals surface area (Å²) in [5, 5.41) is 3.34. The molecule has 3 aromatic rings. The Morgan fingerprint density at radius 2 is 1.36 bits per heavy atom. The van der Waals surface area contributed by atoms with Gasteiger partial charge in [0, 0.05) is 26.8 Å². The van der Waals surface area contributed by atoms with E-state index in [1.54, 1.807) is 0 Å². The molecule has 0 bridgehead atoms. The Kier molecular flexibility index (Phi) is 8.73. The molecule has 0 amide bonds. The van der Waals surface area contributed by atoms with E-state index in [9.17, 15) is 0 Å². The summed E-state index contributed by atoms with van der Waals surface area (Å²) in [4.78, 5) is 3.61. The summed E-state index contributed by atoms with van der Waals surface area (Å²) in [6.45, 7) is 2.29. The first-order chi connectivity index (χ1) is 13.8. The largest absolute Gasteiger partial charge is 0.354 e. The summed E-state index contributed by atoms with van der Waals surface area (Å²) in [7, 11) is 0. The number of hydrogen-bond donors (Lipinski definition) is 1. The Labute approximate surface area is 175 Å². The van der Waals surface area contributed by atoms with Crippen molar-refractivity contribution in [1.29, 1.82) is 0 Å². The first-order valence-corrected chi connectivity index (χ1v) is 11.9. The maximum absolute atomic E-state index is 6.19. The summed E-state index contributed by atoms with van der Waals surface area (Å²) in [6, 6.07) is 12.8. The lowest BCUT2D eigenvalue weighted by molar-refractivity contribution is 0.544. The summed E-state index contributed by atoms with van der Waals surface area (Å²) < 4.78 is 0. The van der Waals surface area contributed by atoms with E-state index in [0.717, 1.165) is 11.4 Å². The molecule has 0 aliphatic heterocycles. The zero-order chi connectivity index (χ0) is 19.6. The zero-order valence-electron chi connectivity index (χ0n) is 17.5. The molecule has 0 aliphatic carbocycles. The van der Waals surface area contributed by atoms with Crippen molar-refractivity contribution in [3.63, 3.8) is 0 Å². The van der Waals surface area contributed by atoms with Crippen molar-refractivity contribution in [2.24, 2.45) is 0 Å². The molecule has 0 aliphatic rings. The highest BCUT2D eigenvalue weighted by atomic mass is 35.5. The fourth-order valence-electron chi connectivity index (χ4n) is 4.32. The second-order valence-electron chi connectivity index (χ2n) is 8.29. The van der Waals surface area contributed by atoms with E-state index >= 15 is 0 Å². The SMILES string of the molecule is CCCCCCCCCCCCCCc1cccc2c1[nH]c1ccc(Cl)cc12. The minimum atomic E-state index is 0.805. The quantitative estimate of drug-likeness (QED) is 0.276. The number of aromatic amines is 1. The Bertz CT molecular complexity index is 848. The molecule has 0 saturated heterocycles. The third-order valence-electron chi connectivity index (χ3n) is 5.98. The molecule has 1 nitrogen and oxygen atoms in total. The fraction of sp³-hybridized carbons (Fsp3) is 0.538. The van der Waals surface area contributed by atoms with Gasteiger partial charge in [-0.25, -0.2) is 0 Å². The van der Waals surface area contributed by atoms with Gasteiger partial charge in [0.1, 0.15) is 0 Å². The molecule has 0 radical (unpaired) electrons. The van der Waals surface area contributed by atoms with Crippen LogP contribution >= 0.6 is 11.6 Å². The molecule has 1 N–H and O–H groups in total. The minimum absolute atomic E-state index is 0.805. The van der Waals surface area contributed by atoms with Gasteiger partial charge >= 0.3 is 0 Å². The molecular weight excluding hydrogens is 362 g/mol. The van der Waals surface area contributed by atoms with Crippen molar-refractivity contribution in [3.8, 4) is 0 Å². The van der Waals surface area contributed by atoms with E-state index in [1.807, 2.05) is 6.07 Å². The van der Waals surface area contributed by atoms with Crippen molar-refractivity contribution in [2.45, 2.75) is 90.4 Å². The number of para-hydroxylation sites is 1. The lowest BCUT2D eigenvalue weighted by Crippen LogP contribution is -1.88.